The zero-order chi connectivity index (χ0) is 12.1. The molecule has 4 heteroatoms. The first-order valence-corrected chi connectivity index (χ1v) is 7.02. The first-order valence-electron chi connectivity index (χ1n) is 5.35. The Hall–Kier alpha value is -0.840. The smallest absolute Gasteiger partial charge is 0.123 e. The Morgan fingerprint density at radius 2 is 2.12 bits per heavy atom. The lowest BCUT2D eigenvalue weighted by atomic mass is 10.2. The number of thiophene rings is 1. The number of para-hydroxylation sites is 1. The molecule has 0 amide bonds. The Morgan fingerprint density at radius 1 is 1.29 bits per heavy atom. The molecule has 90 valence electrons. The molecule has 2 nitrogen and oxygen atoms in total. The van der Waals surface area contributed by atoms with E-state index in [-0.39, 0.29) is 0 Å². The average Bonchev–Trinajstić information content (AvgIpc) is 2.76. The van der Waals surface area contributed by atoms with Crippen molar-refractivity contribution >= 4 is 27.3 Å². The van der Waals surface area contributed by atoms with Crippen molar-refractivity contribution in [1.82, 2.24) is 5.32 Å². The third kappa shape index (κ3) is 3.56. The summed E-state index contributed by atoms with van der Waals surface area (Å²) in [6.45, 7) is 1.70. The van der Waals surface area contributed by atoms with E-state index >= 15 is 0 Å². The fourth-order valence-corrected chi connectivity index (χ4v) is 3.04. The Labute approximate surface area is 114 Å². The molecule has 0 fully saturated rings. The van der Waals surface area contributed by atoms with E-state index in [1.165, 1.54) is 10.4 Å². The van der Waals surface area contributed by atoms with Gasteiger partial charge in [0, 0.05) is 33.4 Å². The molecule has 0 aliphatic heterocycles. The maximum Gasteiger partial charge on any atom is 0.123 e. The van der Waals surface area contributed by atoms with Crippen LogP contribution in [0.3, 0.4) is 0 Å². The summed E-state index contributed by atoms with van der Waals surface area (Å²) in [6.07, 6.45) is 0. The Kier molecular flexibility index (Phi) is 4.59. The molecular weight excluding hydrogens is 298 g/mol. The number of hydrogen-bond donors (Lipinski definition) is 1. The zero-order valence-electron chi connectivity index (χ0n) is 9.57. The molecule has 0 radical (unpaired) electrons. The van der Waals surface area contributed by atoms with Gasteiger partial charge in [0.15, 0.2) is 0 Å². The maximum absolute atomic E-state index is 5.31. The van der Waals surface area contributed by atoms with Gasteiger partial charge in [-0.15, -0.1) is 11.3 Å². The average molecular weight is 312 g/mol. The van der Waals surface area contributed by atoms with Gasteiger partial charge in [-0.05, 0) is 28.1 Å². The van der Waals surface area contributed by atoms with E-state index in [1.54, 1.807) is 18.4 Å². The van der Waals surface area contributed by atoms with E-state index in [4.69, 9.17) is 4.74 Å². The number of halogens is 1. The maximum atomic E-state index is 5.31. The monoisotopic (exact) mass is 311 g/mol. The van der Waals surface area contributed by atoms with E-state index in [9.17, 15) is 0 Å². The molecule has 1 heterocycles. The van der Waals surface area contributed by atoms with Gasteiger partial charge in [0.25, 0.3) is 0 Å². The van der Waals surface area contributed by atoms with Crippen molar-refractivity contribution in [2.45, 2.75) is 13.1 Å². The minimum Gasteiger partial charge on any atom is -0.496 e. The van der Waals surface area contributed by atoms with Crippen molar-refractivity contribution in [3.8, 4) is 5.75 Å². The summed E-state index contributed by atoms with van der Waals surface area (Å²) in [5, 5.41) is 5.51. The van der Waals surface area contributed by atoms with Crippen molar-refractivity contribution in [2.24, 2.45) is 0 Å². The third-order valence-corrected chi connectivity index (χ3v) is 4.13. The number of ether oxygens (including phenoxy) is 1. The summed E-state index contributed by atoms with van der Waals surface area (Å²) in [6, 6.07) is 10.2. The molecule has 0 bridgehead atoms. The molecule has 0 saturated heterocycles. The van der Waals surface area contributed by atoms with Crippen LogP contribution in [0, 0.1) is 0 Å². The highest BCUT2D eigenvalue weighted by molar-refractivity contribution is 9.10. The highest BCUT2D eigenvalue weighted by Gasteiger charge is 2.01. The minimum absolute atomic E-state index is 0.819. The van der Waals surface area contributed by atoms with E-state index in [0.29, 0.717) is 0 Å². The molecule has 1 aromatic heterocycles. The third-order valence-electron chi connectivity index (χ3n) is 2.43. The van der Waals surface area contributed by atoms with E-state index < -0.39 is 0 Å². The molecule has 0 saturated carbocycles. The predicted octanol–water partition coefficient (Wildman–Crippen LogP) is 3.81. The fraction of sp³-hybridized carbons (Fsp3) is 0.231. The topological polar surface area (TPSA) is 21.3 Å². The Balaban J connectivity index is 1.89. The molecule has 17 heavy (non-hydrogen) atoms. The number of rotatable bonds is 5. The first-order chi connectivity index (χ1) is 8.29. The molecule has 0 atom stereocenters. The summed E-state index contributed by atoms with van der Waals surface area (Å²) < 4.78 is 6.46. The summed E-state index contributed by atoms with van der Waals surface area (Å²) in [7, 11) is 1.70. The number of methoxy groups -OCH3 is 1. The van der Waals surface area contributed by atoms with Crippen LogP contribution in [-0.4, -0.2) is 7.11 Å². The molecule has 1 N–H and O–H groups in total. The standard InChI is InChI=1S/C13H14BrNOS/c1-16-13-5-3-2-4-10(13)7-15-8-12-6-11(14)9-17-12/h2-6,9,15H,7-8H2,1H3. The quantitative estimate of drug-likeness (QED) is 0.906. The van der Waals surface area contributed by atoms with Crippen molar-refractivity contribution in [2.75, 3.05) is 7.11 Å². The fourth-order valence-electron chi connectivity index (χ4n) is 1.62. The second-order valence-corrected chi connectivity index (χ2v) is 5.56. The minimum atomic E-state index is 0.819. The SMILES string of the molecule is COc1ccccc1CNCc1cc(Br)cs1. The molecule has 2 rings (SSSR count). The number of nitrogens with one attached hydrogen (secondary N) is 1. The van der Waals surface area contributed by atoms with Gasteiger partial charge in [-0.3, -0.25) is 0 Å². The molecule has 0 aliphatic rings. The van der Waals surface area contributed by atoms with Crippen LogP contribution in [-0.2, 0) is 13.1 Å². The van der Waals surface area contributed by atoms with Crippen molar-refractivity contribution in [1.29, 1.82) is 0 Å². The van der Waals surface area contributed by atoms with Crippen LogP contribution >= 0.6 is 27.3 Å². The summed E-state index contributed by atoms with van der Waals surface area (Å²) in [5.74, 6) is 0.937. The van der Waals surface area contributed by atoms with Crippen molar-refractivity contribution < 1.29 is 4.74 Å². The molecule has 2 aromatic rings. The lowest BCUT2D eigenvalue weighted by molar-refractivity contribution is 0.407. The lowest BCUT2D eigenvalue weighted by Gasteiger charge is -2.08. The van der Waals surface area contributed by atoms with Gasteiger partial charge in [-0.2, -0.15) is 0 Å². The van der Waals surface area contributed by atoms with Gasteiger partial charge in [0.2, 0.25) is 0 Å². The molecule has 0 unspecified atom stereocenters. The molecular formula is C13H14BrNOS. The normalized spacial score (nSPS) is 10.5. The number of hydrogen-bond acceptors (Lipinski definition) is 3. The van der Waals surface area contributed by atoms with E-state index in [0.717, 1.165) is 23.3 Å². The number of benzene rings is 1. The van der Waals surface area contributed by atoms with Crippen LogP contribution in [0.25, 0.3) is 0 Å². The van der Waals surface area contributed by atoms with Gasteiger partial charge in [0.05, 0.1) is 7.11 Å². The highest BCUT2D eigenvalue weighted by Crippen LogP contribution is 2.20. The van der Waals surface area contributed by atoms with Gasteiger partial charge in [-0.25, -0.2) is 0 Å². The van der Waals surface area contributed by atoms with Crippen LogP contribution in [0.5, 0.6) is 5.75 Å². The van der Waals surface area contributed by atoms with Crippen LogP contribution in [0.15, 0.2) is 40.2 Å². The van der Waals surface area contributed by atoms with Crippen LogP contribution in [0.2, 0.25) is 0 Å². The Bertz CT molecular complexity index is 484. The van der Waals surface area contributed by atoms with E-state index in [2.05, 4.69) is 38.8 Å². The van der Waals surface area contributed by atoms with Crippen molar-refractivity contribution in [3.63, 3.8) is 0 Å². The summed E-state index contributed by atoms with van der Waals surface area (Å²) in [4.78, 5) is 1.33. The lowest BCUT2D eigenvalue weighted by Crippen LogP contribution is -2.12. The van der Waals surface area contributed by atoms with Gasteiger partial charge in [-0.1, -0.05) is 18.2 Å². The highest BCUT2D eigenvalue weighted by atomic mass is 79.9. The molecule has 1 aromatic carbocycles. The second kappa shape index (κ2) is 6.19. The van der Waals surface area contributed by atoms with Gasteiger partial charge < -0.3 is 10.1 Å². The molecule has 0 spiro atoms. The van der Waals surface area contributed by atoms with Gasteiger partial charge in [0.1, 0.15) is 5.75 Å². The van der Waals surface area contributed by atoms with E-state index in [1.807, 2.05) is 18.2 Å². The zero-order valence-corrected chi connectivity index (χ0v) is 12.0. The summed E-state index contributed by atoms with van der Waals surface area (Å²) >= 11 is 5.21. The van der Waals surface area contributed by atoms with Crippen molar-refractivity contribution in [3.05, 3.63) is 50.6 Å². The summed E-state index contributed by atoms with van der Waals surface area (Å²) in [5.41, 5.74) is 1.19. The van der Waals surface area contributed by atoms with Crippen LogP contribution in [0.4, 0.5) is 0 Å². The molecule has 0 aliphatic carbocycles. The largest absolute Gasteiger partial charge is 0.496 e. The Morgan fingerprint density at radius 3 is 2.82 bits per heavy atom. The first kappa shape index (κ1) is 12.6. The van der Waals surface area contributed by atoms with Crippen LogP contribution < -0.4 is 10.1 Å². The van der Waals surface area contributed by atoms with Gasteiger partial charge >= 0.3 is 0 Å². The predicted molar refractivity (Wildman–Crippen MR) is 75.6 cm³/mol. The van der Waals surface area contributed by atoms with Crippen LogP contribution in [0.1, 0.15) is 10.4 Å². The second-order valence-electron chi connectivity index (χ2n) is 3.65.